The normalized spacial score (nSPS) is 10.3. The van der Waals surface area contributed by atoms with Gasteiger partial charge in [-0.2, -0.15) is 13.2 Å². The zero-order chi connectivity index (χ0) is 16.6. The maximum absolute atomic E-state index is 12.6. The topological polar surface area (TPSA) is 41.6 Å². The molecular formula is C14H12Cl2F3N3. The number of nitrogens with zero attached hydrogens (tertiary/aromatic N) is 2. The lowest BCUT2D eigenvalue weighted by Gasteiger charge is -2.02. The van der Waals surface area contributed by atoms with Crippen molar-refractivity contribution in [3.8, 4) is 11.4 Å². The number of aromatic amines is 1. The molecule has 2 aromatic heterocycles. The second kappa shape index (κ2) is 8.60. The van der Waals surface area contributed by atoms with E-state index < -0.39 is 11.7 Å². The summed E-state index contributed by atoms with van der Waals surface area (Å²) in [6.45, 7) is 0. The Bertz CT molecular complexity index is 656. The third-order valence-corrected chi connectivity index (χ3v) is 2.73. The van der Waals surface area contributed by atoms with E-state index in [-0.39, 0.29) is 0 Å². The zero-order valence-electron chi connectivity index (χ0n) is 11.4. The third-order valence-electron chi connectivity index (χ3n) is 2.40. The molecule has 2 rings (SSSR count). The number of alkyl halides is 4. The zero-order valence-corrected chi connectivity index (χ0v) is 12.9. The summed E-state index contributed by atoms with van der Waals surface area (Å²) in [4.78, 5) is 10.6. The smallest absolute Gasteiger partial charge is 0.346 e. The first kappa shape index (κ1) is 18.3. The highest BCUT2D eigenvalue weighted by molar-refractivity contribution is 6.33. The standard InChI is InChI=1S/C13H9ClF3N3.CH3Cl/c14-11-4-6-18-8-10(11)12-19-5-1-2-9(3-7-20-12)13(15,16)17;1-2/h1-8H,(H,19,20);1H3. The second-order valence-electron chi connectivity index (χ2n) is 3.77. The second-order valence-corrected chi connectivity index (χ2v) is 4.18. The van der Waals surface area contributed by atoms with Crippen molar-refractivity contribution < 1.29 is 13.2 Å². The molecule has 1 N–H and O–H groups in total. The summed E-state index contributed by atoms with van der Waals surface area (Å²) >= 11 is 10.6. The molecule has 0 aliphatic carbocycles. The van der Waals surface area contributed by atoms with Gasteiger partial charge in [0, 0.05) is 31.2 Å². The SMILES string of the molecule is CCl.FC(F)(F)c1cccnc(-c2cnccc2Cl)[nH]cc1. The van der Waals surface area contributed by atoms with E-state index in [1.165, 1.54) is 31.0 Å². The Kier molecular flexibility index (Phi) is 7.14. The van der Waals surface area contributed by atoms with E-state index in [4.69, 9.17) is 11.6 Å². The first-order valence-electron chi connectivity index (χ1n) is 5.91. The van der Waals surface area contributed by atoms with Gasteiger partial charge in [-0.05, 0) is 24.3 Å². The molecule has 0 amide bonds. The Hall–Kier alpha value is -1.79. The number of rotatable bonds is 1. The van der Waals surface area contributed by atoms with Crippen LogP contribution in [0, 0.1) is 0 Å². The Labute approximate surface area is 135 Å². The van der Waals surface area contributed by atoms with Gasteiger partial charge in [-0.25, -0.2) is 4.98 Å². The maximum atomic E-state index is 12.6. The van der Waals surface area contributed by atoms with Gasteiger partial charge >= 0.3 is 6.18 Å². The van der Waals surface area contributed by atoms with Crippen LogP contribution in [-0.4, -0.2) is 21.3 Å². The van der Waals surface area contributed by atoms with E-state index >= 15 is 0 Å². The van der Waals surface area contributed by atoms with Gasteiger partial charge in [-0.1, -0.05) is 11.6 Å². The molecule has 0 saturated carbocycles. The van der Waals surface area contributed by atoms with Gasteiger partial charge in [0.05, 0.1) is 16.1 Å². The fraction of sp³-hybridized carbons (Fsp3) is 0.143. The van der Waals surface area contributed by atoms with Crippen molar-refractivity contribution in [3.05, 3.63) is 59.6 Å². The molecule has 0 saturated heterocycles. The van der Waals surface area contributed by atoms with Crippen LogP contribution in [0.1, 0.15) is 5.56 Å². The largest absolute Gasteiger partial charge is 0.416 e. The monoisotopic (exact) mass is 349 g/mol. The van der Waals surface area contributed by atoms with Crippen LogP contribution in [0.2, 0.25) is 5.02 Å². The molecule has 2 aromatic rings. The van der Waals surface area contributed by atoms with Crippen LogP contribution >= 0.6 is 23.2 Å². The van der Waals surface area contributed by atoms with Crippen LogP contribution in [0.15, 0.2) is 49.1 Å². The van der Waals surface area contributed by atoms with Crippen LogP contribution in [0.3, 0.4) is 0 Å². The van der Waals surface area contributed by atoms with Gasteiger partial charge in [-0.3, -0.25) is 4.98 Å². The van der Waals surface area contributed by atoms with Crippen LogP contribution in [0.5, 0.6) is 0 Å². The van der Waals surface area contributed by atoms with Gasteiger partial charge in [0.15, 0.2) is 0 Å². The van der Waals surface area contributed by atoms with Gasteiger partial charge < -0.3 is 4.98 Å². The Morgan fingerprint density at radius 3 is 2.45 bits per heavy atom. The van der Waals surface area contributed by atoms with E-state index in [9.17, 15) is 13.2 Å². The van der Waals surface area contributed by atoms with Crippen molar-refractivity contribution >= 4 is 23.2 Å². The molecule has 0 fully saturated rings. The predicted molar refractivity (Wildman–Crippen MR) is 81.2 cm³/mol. The Morgan fingerprint density at radius 1 is 1.09 bits per heavy atom. The Balaban J connectivity index is 0.00000116. The summed E-state index contributed by atoms with van der Waals surface area (Å²) in [5.74, 6) is 0.312. The number of halogens is 5. The van der Waals surface area contributed by atoms with E-state index in [1.54, 1.807) is 6.07 Å². The molecule has 0 bridgehead atoms. The van der Waals surface area contributed by atoms with E-state index in [0.29, 0.717) is 16.4 Å². The highest BCUT2D eigenvalue weighted by atomic mass is 35.5. The van der Waals surface area contributed by atoms with E-state index in [1.807, 2.05) is 0 Å². The quantitative estimate of drug-likeness (QED) is 0.725. The summed E-state index contributed by atoms with van der Waals surface area (Å²) < 4.78 is 37.9. The third kappa shape index (κ3) is 5.20. The van der Waals surface area contributed by atoms with Crippen LogP contribution in [0.25, 0.3) is 11.4 Å². The first-order chi connectivity index (χ1) is 10.5. The molecule has 0 aromatic carbocycles. The number of hydrogen-bond acceptors (Lipinski definition) is 2. The molecule has 0 atom stereocenters. The average Bonchev–Trinajstić information content (AvgIpc) is 2.61. The lowest BCUT2D eigenvalue weighted by atomic mass is 10.3. The number of nitrogens with one attached hydrogen (secondary N) is 1. The van der Waals surface area contributed by atoms with Gasteiger partial charge in [-0.15, -0.1) is 11.6 Å². The predicted octanol–water partition coefficient (Wildman–Crippen LogP) is 5.12. The summed E-state index contributed by atoms with van der Waals surface area (Å²) in [5, 5.41) is 0.399. The molecule has 0 aliphatic heterocycles. The molecular weight excluding hydrogens is 338 g/mol. The minimum atomic E-state index is -4.42. The fourth-order valence-corrected chi connectivity index (χ4v) is 1.65. The fourth-order valence-electron chi connectivity index (χ4n) is 1.46. The summed E-state index contributed by atoms with van der Waals surface area (Å²) in [6.07, 6.45) is 2.46. The van der Waals surface area contributed by atoms with Crippen molar-refractivity contribution in [2.75, 3.05) is 6.38 Å². The van der Waals surface area contributed by atoms with Crippen molar-refractivity contribution in [1.29, 1.82) is 0 Å². The number of H-pyrrole nitrogens is 1. The number of hydrogen-bond donors (Lipinski definition) is 1. The van der Waals surface area contributed by atoms with Gasteiger partial charge in [0.2, 0.25) is 0 Å². The van der Waals surface area contributed by atoms with Crippen LogP contribution in [-0.2, 0) is 6.18 Å². The lowest BCUT2D eigenvalue weighted by molar-refractivity contribution is -0.137. The van der Waals surface area contributed by atoms with Gasteiger partial charge in [0.25, 0.3) is 0 Å². The molecule has 3 nitrogen and oxygen atoms in total. The van der Waals surface area contributed by atoms with Crippen LogP contribution in [0.4, 0.5) is 13.2 Å². The molecule has 22 heavy (non-hydrogen) atoms. The summed E-state index contributed by atoms with van der Waals surface area (Å²) in [5.41, 5.74) is -0.283. The molecule has 0 aliphatic rings. The lowest BCUT2D eigenvalue weighted by Crippen LogP contribution is -2.02. The van der Waals surface area contributed by atoms with E-state index in [0.717, 1.165) is 18.3 Å². The Morgan fingerprint density at radius 2 is 1.82 bits per heavy atom. The highest BCUT2D eigenvalue weighted by Crippen LogP contribution is 2.28. The molecule has 0 unspecified atom stereocenters. The highest BCUT2D eigenvalue weighted by Gasteiger charge is 2.29. The minimum Gasteiger partial charge on any atom is -0.346 e. The van der Waals surface area contributed by atoms with E-state index in [2.05, 4.69) is 26.6 Å². The van der Waals surface area contributed by atoms with Gasteiger partial charge in [0.1, 0.15) is 5.82 Å². The molecule has 8 heteroatoms. The molecule has 118 valence electrons. The van der Waals surface area contributed by atoms with Crippen molar-refractivity contribution in [1.82, 2.24) is 15.0 Å². The molecule has 0 spiro atoms. The minimum absolute atomic E-state index is 0.312. The van der Waals surface area contributed by atoms with Crippen molar-refractivity contribution in [3.63, 3.8) is 0 Å². The van der Waals surface area contributed by atoms with Crippen molar-refractivity contribution in [2.45, 2.75) is 6.18 Å². The first-order valence-corrected chi connectivity index (χ1v) is 7.04. The summed E-state index contributed by atoms with van der Waals surface area (Å²) in [6, 6.07) is 4.65. The number of pyridine rings is 1. The molecule has 0 radical (unpaired) electrons. The van der Waals surface area contributed by atoms with Crippen LogP contribution < -0.4 is 0 Å². The van der Waals surface area contributed by atoms with Crippen molar-refractivity contribution in [2.24, 2.45) is 0 Å². The number of aromatic nitrogens is 3. The average molecular weight is 350 g/mol. The maximum Gasteiger partial charge on any atom is 0.416 e. The molecule has 2 heterocycles. The summed E-state index contributed by atoms with van der Waals surface area (Å²) in [7, 11) is 0.